The molecule has 0 aliphatic carbocycles. The fraction of sp³-hybridized carbons (Fsp3) is 0.200. The number of nitrogens with one attached hydrogen (secondary N) is 2. The van der Waals surface area contributed by atoms with Crippen molar-refractivity contribution in [3.05, 3.63) is 78.9 Å². The van der Waals surface area contributed by atoms with E-state index in [2.05, 4.69) is 10.6 Å². The monoisotopic (exact) mass is 418 g/mol. The van der Waals surface area contributed by atoms with Crippen LogP contribution in [0.3, 0.4) is 0 Å². The molecule has 0 atom stereocenters. The van der Waals surface area contributed by atoms with Gasteiger partial charge in [0.05, 0.1) is 0 Å². The number of ether oxygens (including phenoxy) is 2. The summed E-state index contributed by atoms with van der Waals surface area (Å²) in [6.07, 6.45) is 0. The normalized spacial score (nSPS) is 10.8. The van der Waals surface area contributed by atoms with E-state index in [0.29, 0.717) is 22.9 Å². The Labute approximate surface area is 182 Å². The van der Waals surface area contributed by atoms with E-state index in [1.807, 2.05) is 51.1 Å². The lowest BCUT2D eigenvalue weighted by molar-refractivity contribution is -0.123. The second-order valence-electron chi connectivity index (χ2n) is 8.01. The molecule has 2 N–H and O–H groups in total. The molecule has 0 radical (unpaired) electrons. The van der Waals surface area contributed by atoms with Crippen LogP contribution in [0.4, 0.5) is 11.4 Å². The van der Waals surface area contributed by atoms with Crippen molar-refractivity contribution in [1.29, 1.82) is 0 Å². The van der Waals surface area contributed by atoms with Crippen molar-refractivity contribution in [2.24, 2.45) is 5.41 Å². The van der Waals surface area contributed by atoms with E-state index in [0.717, 1.165) is 5.75 Å². The summed E-state index contributed by atoms with van der Waals surface area (Å²) in [7, 11) is 0. The van der Waals surface area contributed by atoms with Crippen LogP contribution in [0.25, 0.3) is 0 Å². The van der Waals surface area contributed by atoms with Gasteiger partial charge in [-0.2, -0.15) is 0 Å². The van der Waals surface area contributed by atoms with E-state index < -0.39 is 5.41 Å². The Kier molecular flexibility index (Phi) is 6.92. The minimum Gasteiger partial charge on any atom is -0.484 e. The highest BCUT2D eigenvalue weighted by atomic mass is 16.5. The van der Waals surface area contributed by atoms with Crippen molar-refractivity contribution >= 4 is 23.2 Å². The molecule has 3 rings (SSSR count). The third-order valence-electron chi connectivity index (χ3n) is 4.26. The Hall–Kier alpha value is -3.80. The Morgan fingerprint density at radius 3 is 2.06 bits per heavy atom. The Morgan fingerprint density at radius 2 is 1.39 bits per heavy atom. The molecule has 2 amide bonds. The minimum absolute atomic E-state index is 0.0953. The number of hydrogen-bond donors (Lipinski definition) is 2. The third kappa shape index (κ3) is 6.89. The van der Waals surface area contributed by atoms with E-state index in [1.54, 1.807) is 48.5 Å². The number of para-hydroxylation sites is 1. The molecule has 0 aliphatic rings. The van der Waals surface area contributed by atoms with Crippen molar-refractivity contribution in [2.75, 3.05) is 17.2 Å². The van der Waals surface area contributed by atoms with Gasteiger partial charge in [-0.25, -0.2) is 0 Å². The van der Waals surface area contributed by atoms with Gasteiger partial charge in [0.25, 0.3) is 5.91 Å². The molecule has 0 spiro atoms. The number of carbonyl (C=O) groups is 2. The average Bonchev–Trinajstić information content (AvgIpc) is 2.74. The molecule has 0 unspecified atom stereocenters. The molecule has 0 saturated carbocycles. The van der Waals surface area contributed by atoms with Crippen molar-refractivity contribution < 1.29 is 19.1 Å². The van der Waals surface area contributed by atoms with Gasteiger partial charge in [-0.15, -0.1) is 0 Å². The molecule has 31 heavy (non-hydrogen) atoms. The number of rotatable bonds is 7. The first kappa shape index (κ1) is 21.9. The fourth-order valence-electron chi connectivity index (χ4n) is 2.56. The van der Waals surface area contributed by atoms with Crippen LogP contribution in [0, 0.1) is 5.41 Å². The van der Waals surface area contributed by atoms with Gasteiger partial charge in [-0.05, 0) is 48.5 Å². The lowest BCUT2D eigenvalue weighted by atomic mass is 9.95. The van der Waals surface area contributed by atoms with Crippen LogP contribution in [-0.2, 0) is 9.59 Å². The predicted molar refractivity (Wildman–Crippen MR) is 122 cm³/mol. The van der Waals surface area contributed by atoms with Crippen molar-refractivity contribution in [2.45, 2.75) is 20.8 Å². The Morgan fingerprint density at radius 1 is 0.742 bits per heavy atom. The fourth-order valence-corrected chi connectivity index (χ4v) is 2.56. The molecule has 3 aromatic rings. The van der Waals surface area contributed by atoms with Crippen LogP contribution in [0.15, 0.2) is 78.9 Å². The van der Waals surface area contributed by atoms with Crippen LogP contribution in [-0.4, -0.2) is 18.4 Å². The molecule has 0 fully saturated rings. The second kappa shape index (κ2) is 9.80. The summed E-state index contributed by atoms with van der Waals surface area (Å²) in [6.45, 7) is 5.37. The summed E-state index contributed by atoms with van der Waals surface area (Å²) in [6, 6.07) is 23.5. The first-order chi connectivity index (χ1) is 14.8. The van der Waals surface area contributed by atoms with Crippen LogP contribution in [0.2, 0.25) is 0 Å². The zero-order chi connectivity index (χ0) is 22.3. The molecule has 3 aromatic carbocycles. The van der Waals surface area contributed by atoms with E-state index in [4.69, 9.17) is 9.47 Å². The number of benzene rings is 3. The van der Waals surface area contributed by atoms with Gasteiger partial charge in [-0.3, -0.25) is 9.59 Å². The van der Waals surface area contributed by atoms with Gasteiger partial charge < -0.3 is 20.1 Å². The van der Waals surface area contributed by atoms with Gasteiger partial charge in [0, 0.05) is 22.9 Å². The Bertz CT molecular complexity index is 1030. The quantitative estimate of drug-likeness (QED) is 0.533. The molecule has 6 heteroatoms. The maximum Gasteiger partial charge on any atom is 0.262 e. The van der Waals surface area contributed by atoms with Gasteiger partial charge >= 0.3 is 0 Å². The maximum atomic E-state index is 12.2. The minimum atomic E-state index is -0.502. The summed E-state index contributed by atoms with van der Waals surface area (Å²) >= 11 is 0. The van der Waals surface area contributed by atoms with E-state index in [-0.39, 0.29) is 18.4 Å². The maximum absolute atomic E-state index is 12.2. The standard InChI is InChI=1S/C25H26N2O4/c1-25(2,3)24(29)27-19-8-7-11-22(16-19)30-17-23(28)26-18-12-14-21(15-13-18)31-20-9-5-4-6-10-20/h4-16H,17H2,1-3H3,(H,26,28)(H,27,29). The summed E-state index contributed by atoms with van der Waals surface area (Å²) in [5, 5.41) is 5.62. The molecule has 160 valence electrons. The number of anilines is 2. The summed E-state index contributed by atoms with van der Waals surface area (Å²) in [5.41, 5.74) is 0.755. The zero-order valence-corrected chi connectivity index (χ0v) is 17.8. The first-order valence-corrected chi connectivity index (χ1v) is 9.97. The molecule has 0 aromatic heterocycles. The molecule has 0 heterocycles. The largest absolute Gasteiger partial charge is 0.484 e. The number of amides is 2. The second-order valence-corrected chi connectivity index (χ2v) is 8.01. The van der Waals surface area contributed by atoms with E-state index in [1.165, 1.54) is 0 Å². The average molecular weight is 418 g/mol. The van der Waals surface area contributed by atoms with Gasteiger partial charge in [-0.1, -0.05) is 45.0 Å². The van der Waals surface area contributed by atoms with Crippen LogP contribution in [0.1, 0.15) is 20.8 Å². The van der Waals surface area contributed by atoms with E-state index >= 15 is 0 Å². The van der Waals surface area contributed by atoms with Gasteiger partial charge in [0.1, 0.15) is 17.2 Å². The number of carbonyl (C=O) groups excluding carboxylic acids is 2. The molecule has 0 aliphatic heterocycles. The number of hydrogen-bond acceptors (Lipinski definition) is 4. The molecular weight excluding hydrogens is 392 g/mol. The smallest absolute Gasteiger partial charge is 0.262 e. The van der Waals surface area contributed by atoms with Crippen LogP contribution < -0.4 is 20.1 Å². The topological polar surface area (TPSA) is 76.7 Å². The lowest BCUT2D eigenvalue weighted by Crippen LogP contribution is -2.27. The molecule has 0 bridgehead atoms. The highest BCUT2D eigenvalue weighted by molar-refractivity contribution is 5.94. The van der Waals surface area contributed by atoms with Crippen molar-refractivity contribution in [3.63, 3.8) is 0 Å². The lowest BCUT2D eigenvalue weighted by Gasteiger charge is -2.18. The zero-order valence-electron chi connectivity index (χ0n) is 17.8. The van der Waals surface area contributed by atoms with Gasteiger partial charge in [0.2, 0.25) is 5.91 Å². The summed E-state index contributed by atoms with van der Waals surface area (Å²) in [5.74, 6) is 1.53. The predicted octanol–water partition coefficient (Wildman–Crippen LogP) is 5.48. The summed E-state index contributed by atoms with van der Waals surface area (Å²) < 4.78 is 11.3. The SMILES string of the molecule is CC(C)(C)C(=O)Nc1cccc(OCC(=O)Nc2ccc(Oc3ccccc3)cc2)c1. The Balaban J connectivity index is 1.50. The van der Waals surface area contributed by atoms with Crippen LogP contribution in [0.5, 0.6) is 17.2 Å². The third-order valence-corrected chi connectivity index (χ3v) is 4.26. The first-order valence-electron chi connectivity index (χ1n) is 9.97. The highest BCUT2D eigenvalue weighted by Gasteiger charge is 2.21. The van der Waals surface area contributed by atoms with Crippen molar-refractivity contribution in [3.8, 4) is 17.2 Å². The highest BCUT2D eigenvalue weighted by Crippen LogP contribution is 2.23. The van der Waals surface area contributed by atoms with Gasteiger partial charge in [0.15, 0.2) is 6.61 Å². The van der Waals surface area contributed by atoms with Crippen molar-refractivity contribution in [1.82, 2.24) is 0 Å². The summed E-state index contributed by atoms with van der Waals surface area (Å²) in [4.78, 5) is 24.3. The molecule has 0 saturated heterocycles. The van der Waals surface area contributed by atoms with Crippen LogP contribution >= 0.6 is 0 Å². The molecular formula is C25H26N2O4. The van der Waals surface area contributed by atoms with E-state index in [9.17, 15) is 9.59 Å². The molecule has 6 nitrogen and oxygen atoms in total.